The molecule has 1 aliphatic heterocycles. The maximum Gasteiger partial charge on any atom is 0.228 e. The van der Waals surface area contributed by atoms with Crippen molar-refractivity contribution in [1.82, 2.24) is 19.8 Å². The van der Waals surface area contributed by atoms with Crippen LogP contribution < -0.4 is 0 Å². The molecule has 0 radical (unpaired) electrons. The van der Waals surface area contributed by atoms with E-state index in [1.807, 2.05) is 0 Å². The van der Waals surface area contributed by atoms with Crippen LogP contribution in [0.1, 0.15) is 12.1 Å². The Labute approximate surface area is 118 Å². The van der Waals surface area contributed by atoms with Gasteiger partial charge in [0.25, 0.3) is 0 Å². The topological polar surface area (TPSA) is 66.4 Å². The molecule has 2 rings (SSSR count). The van der Waals surface area contributed by atoms with E-state index in [2.05, 4.69) is 16.5 Å². The fourth-order valence-electron chi connectivity index (χ4n) is 2.31. The number of carbonyl (C=O) groups is 2. The van der Waals surface area contributed by atoms with Crippen LogP contribution in [0, 0.1) is 5.92 Å². The minimum absolute atomic E-state index is 0.0103. The Bertz CT molecular complexity index is 503. The third kappa shape index (κ3) is 3.20. The Balaban J connectivity index is 1.94. The lowest BCUT2D eigenvalue weighted by atomic mass is 10.1. The van der Waals surface area contributed by atoms with Crippen molar-refractivity contribution in [3.8, 4) is 0 Å². The number of likely N-dealkylation sites (tertiary alicyclic amines) is 1. The molecular weight excluding hydrogens is 256 g/mol. The summed E-state index contributed by atoms with van der Waals surface area (Å²) < 4.78 is 0. The lowest BCUT2D eigenvalue weighted by Gasteiger charge is -2.20. The normalized spacial score (nSPS) is 18.1. The van der Waals surface area contributed by atoms with E-state index in [4.69, 9.17) is 0 Å². The van der Waals surface area contributed by atoms with Gasteiger partial charge in [-0.05, 0) is 0 Å². The number of rotatable bonds is 5. The largest absolute Gasteiger partial charge is 0.339 e. The van der Waals surface area contributed by atoms with Crippen LogP contribution in [0.3, 0.4) is 0 Å². The van der Waals surface area contributed by atoms with Crippen LogP contribution in [0.25, 0.3) is 0 Å². The molecule has 1 fully saturated rings. The molecule has 1 saturated heterocycles. The van der Waals surface area contributed by atoms with Gasteiger partial charge in [0.1, 0.15) is 0 Å². The summed E-state index contributed by atoms with van der Waals surface area (Å²) in [6.07, 6.45) is 6.77. The fraction of sp³-hybridized carbons (Fsp3) is 0.429. The molecule has 0 aromatic carbocycles. The fourth-order valence-corrected chi connectivity index (χ4v) is 2.31. The first-order valence-corrected chi connectivity index (χ1v) is 6.50. The third-order valence-electron chi connectivity index (χ3n) is 3.31. The second-order valence-electron chi connectivity index (χ2n) is 4.88. The molecule has 1 aromatic heterocycles. The number of amides is 2. The van der Waals surface area contributed by atoms with Gasteiger partial charge in [-0.25, -0.2) is 0 Å². The van der Waals surface area contributed by atoms with Crippen LogP contribution in [-0.2, 0) is 16.1 Å². The van der Waals surface area contributed by atoms with Crippen molar-refractivity contribution >= 4 is 11.8 Å². The number of hydrogen-bond acceptors (Lipinski definition) is 4. The summed E-state index contributed by atoms with van der Waals surface area (Å²) in [4.78, 5) is 35.4. The van der Waals surface area contributed by atoms with Crippen molar-refractivity contribution in [2.45, 2.75) is 13.0 Å². The second-order valence-corrected chi connectivity index (χ2v) is 4.88. The predicted octanol–water partition coefficient (Wildman–Crippen LogP) is 0.469. The molecule has 6 heteroatoms. The Morgan fingerprint density at radius 1 is 1.60 bits per heavy atom. The average Bonchev–Trinajstić information content (AvgIpc) is 2.81. The molecule has 0 aliphatic carbocycles. The highest BCUT2D eigenvalue weighted by molar-refractivity contribution is 5.89. The zero-order chi connectivity index (χ0) is 14.5. The molecule has 0 saturated carbocycles. The van der Waals surface area contributed by atoms with Crippen molar-refractivity contribution in [3.05, 3.63) is 36.9 Å². The van der Waals surface area contributed by atoms with Gasteiger partial charge in [0.2, 0.25) is 11.8 Å². The monoisotopic (exact) mass is 274 g/mol. The Morgan fingerprint density at radius 2 is 2.40 bits per heavy atom. The van der Waals surface area contributed by atoms with Crippen molar-refractivity contribution in [2.24, 2.45) is 5.92 Å². The number of carbonyl (C=O) groups excluding carboxylic acids is 2. The quantitative estimate of drug-likeness (QED) is 0.732. The molecule has 1 aliphatic rings. The predicted molar refractivity (Wildman–Crippen MR) is 73.4 cm³/mol. The number of nitrogens with zero attached hydrogens (tertiary/aromatic N) is 4. The second kappa shape index (κ2) is 6.27. The van der Waals surface area contributed by atoms with Gasteiger partial charge in [-0.2, -0.15) is 0 Å². The summed E-state index contributed by atoms with van der Waals surface area (Å²) >= 11 is 0. The SMILES string of the molecule is C=CCN1C[C@H](C(=O)N(C)Cc2cnccn2)CC1=O. The highest BCUT2D eigenvalue weighted by Gasteiger charge is 2.35. The minimum Gasteiger partial charge on any atom is -0.339 e. The van der Waals surface area contributed by atoms with E-state index in [-0.39, 0.29) is 24.2 Å². The van der Waals surface area contributed by atoms with Gasteiger partial charge in [-0.3, -0.25) is 19.6 Å². The molecule has 2 amide bonds. The van der Waals surface area contributed by atoms with Crippen LogP contribution in [-0.4, -0.2) is 51.7 Å². The Kier molecular flexibility index (Phi) is 4.45. The molecule has 1 aromatic rings. The molecular formula is C14H18N4O2. The van der Waals surface area contributed by atoms with Crippen molar-refractivity contribution in [3.63, 3.8) is 0 Å². The summed E-state index contributed by atoms with van der Waals surface area (Å²) in [5, 5.41) is 0. The van der Waals surface area contributed by atoms with Gasteiger partial charge in [-0.1, -0.05) is 6.08 Å². The van der Waals surface area contributed by atoms with Gasteiger partial charge in [0.15, 0.2) is 0 Å². The molecule has 1 atom stereocenters. The first-order valence-electron chi connectivity index (χ1n) is 6.50. The first-order chi connectivity index (χ1) is 9.61. The minimum atomic E-state index is -0.274. The zero-order valence-electron chi connectivity index (χ0n) is 11.5. The van der Waals surface area contributed by atoms with Crippen LogP contribution in [0.4, 0.5) is 0 Å². The summed E-state index contributed by atoms with van der Waals surface area (Å²) in [5.41, 5.74) is 0.732. The summed E-state index contributed by atoms with van der Waals surface area (Å²) in [7, 11) is 1.72. The lowest BCUT2D eigenvalue weighted by Crippen LogP contribution is -2.34. The van der Waals surface area contributed by atoms with E-state index in [0.717, 1.165) is 5.69 Å². The smallest absolute Gasteiger partial charge is 0.228 e. The zero-order valence-corrected chi connectivity index (χ0v) is 11.5. The Hall–Kier alpha value is -2.24. The molecule has 0 spiro atoms. The Morgan fingerprint density at radius 3 is 3.05 bits per heavy atom. The van der Waals surface area contributed by atoms with Gasteiger partial charge in [0.05, 0.1) is 24.4 Å². The molecule has 0 bridgehead atoms. The van der Waals surface area contributed by atoms with Crippen molar-refractivity contribution in [2.75, 3.05) is 20.1 Å². The molecule has 2 heterocycles. The molecule has 0 unspecified atom stereocenters. The van der Waals surface area contributed by atoms with Gasteiger partial charge in [0, 0.05) is 39.0 Å². The van der Waals surface area contributed by atoms with Crippen LogP contribution in [0.5, 0.6) is 0 Å². The summed E-state index contributed by atoms with van der Waals surface area (Å²) in [5.74, 6) is -0.296. The van der Waals surface area contributed by atoms with E-state index in [0.29, 0.717) is 19.6 Å². The van der Waals surface area contributed by atoms with Crippen molar-refractivity contribution < 1.29 is 9.59 Å². The van der Waals surface area contributed by atoms with Gasteiger partial charge in [-0.15, -0.1) is 6.58 Å². The maximum absolute atomic E-state index is 12.3. The highest BCUT2D eigenvalue weighted by atomic mass is 16.2. The van der Waals surface area contributed by atoms with E-state index < -0.39 is 0 Å². The van der Waals surface area contributed by atoms with Gasteiger partial charge >= 0.3 is 0 Å². The van der Waals surface area contributed by atoms with E-state index >= 15 is 0 Å². The third-order valence-corrected chi connectivity index (χ3v) is 3.31. The highest BCUT2D eigenvalue weighted by Crippen LogP contribution is 2.20. The number of hydrogen-bond donors (Lipinski definition) is 0. The standard InChI is InChI=1S/C14H18N4O2/c1-3-6-18-9-11(7-13(18)19)14(20)17(2)10-12-8-15-4-5-16-12/h3-5,8,11H,1,6-7,9-10H2,2H3/t11-/m1/s1. The van der Waals surface area contributed by atoms with E-state index in [9.17, 15) is 9.59 Å². The van der Waals surface area contributed by atoms with Crippen LogP contribution in [0.2, 0.25) is 0 Å². The lowest BCUT2D eigenvalue weighted by molar-refractivity contribution is -0.135. The maximum atomic E-state index is 12.3. The summed E-state index contributed by atoms with van der Waals surface area (Å²) in [6, 6.07) is 0. The van der Waals surface area contributed by atoms with Gasteiger partial charge < -0.3 is 9.80 Å². The van der Waals surface area contributed by atoms with E-state index in [1.165, 1.54) is 0 Å². The summed E-state index contributed by atoms with van der Waals surface area (Å²) in [6.45, 7) is 4.98. The van der Waals surface area contributed by atoms with Crippen LogP contribution >= 0.6 is 0 Å². The molecule has 106 valence electrons. The van der Waals surface area contributed by atoms with Crippen LogP contribution in [0.15, 0.2) is 31.2 Å². The molecule has 0 N–H and O–H groups in total. The number of aromatic nitrogens is 2. The molecule has 6 nitrogen and oxygen atoms in total. The average molecular weight is 274 g/mol. The first kappa shape index (κ1) is 14.2. The van der Waals surface area contributed by atoms with Crippen molar-refractivity contribution in [1.29, 1.82) is 0 Å². The molecule has 20 heavy (non-hydrogen) atoms. The van der Waals surface area contributed by atoms with E-state index in [1.54, 1.807) is 41.5 Å².